The lowest BCUT2D eigenvalue weighted by molar-refractivity contribution is -0.117. The predicted octanol–water partition coefficient (Wildman–Crippen LogP) is 3.50. The first-order valence-electron chi connectivity index (χ1n) is 8.23. The third-order valence-corrected chi connectivity index (χ3v) is 4.87. The molecule has 0 aliphatic carbocycles. The van der Waals surface area contributed by atoms with E-state index in [1.807, 2.05) is 0 Å². The molecule has 2 atom stereocenters. The average molecular weight is 375 g/mol. The van der Waals surface area contributed by atoms with Gasteiger partial charge in [0.1, 0.15) is 13.2 Å². The lowest BCUT2D eigenvalue weighted by Gasteiger charge is -2.28. The fourth-order valence-electron chi connectivity index (χ4n) is 3.18. The van der Waals surface area contributed by atoms with Crippen molar-refractivity contribution in [1.82, 2.24) is 5.32 Å². The smallest absolute Gasteiger partial charge is 0.224 e. The van der Waals surface area contributed by atoms with Crippen molar-refractivity contribution in [3.8, 4) is 11.5 Å². The Morgan fingerprint density at radius 1 is 1.38 bits per heavy atom. The van der Waals surface area contributed by atoms with E-state index in [0.29, 0.717) is 53.7 Å². The van der Waals surface area contributed by atoms with Gasteiger partial charge in [-0.25, -0.2) is 0 Å². The van der Waals surface area contributed by atoms with Crippen LogP contribution in [-0.2, 0) is 4.79 Å². The van der Waals surface area contributed by atoms with Gasteiger partial charge in [-0.1, -0.05) is 18.5 Å². The third-order valence-electron chi connectivity index (χ3n) is 4.55. The molecule has 2 unspecified atom stereocenters. The van der Waals surface area contributed by atoms with Crippen molar-refractivity contribution in [3.63, 3.8) is 0 Å². The van der Waals surface area contributed by atoms with Crippen LogP contribution in [0.3, 0.4) is 0 Å². The number of hydrogen-bond acceptors (Lipinski definition) is 4. The second-order valence-electron chi connectivity index (χ2n) is 6.31. The number of anilines is 1. The summed E-state index contributed by atoms with van der Waals surface area (Å²) in [5, 5.41) is 6.77. The molecule has 1 aromatic rings. The maximum atomic E-state index is 12.3. The normalized spacial score (nSPS) is 20.7. The first-order chi connectivity index (χ1) is 11.1. The van der Waals surface area contributed by atoms with Gasteiger partial charge in [0.05, 0.1) is 10.7 Å². The molecular formula is C17H24Cl2N2O3. The van der Waals surface area contributed by atoms with E-state index in [1.54, 1.807) is 12.1 Å². The van der Waals surface area contributed by atoms with Crippen LogP contribution in [0.5, 0.6) is 11.5 Å². The Hall–Kier alpha value is -1.17. The van der Waals surface area contributed by atoms with Gasteiger partial charge in [-0.05, 0) is 37.8 Å². The SMILES string of the molecule is CC(CC(=O)Nc1cc2c(cc1Cl)OCCO2)C1CCCNC1.Cl. The fourth-order valence-corrected chi connectivity index (χ4v) is 3.39. The quantitative estimate of drug-likeness (QED) is 0.846. The second-order valence-corrected chi connectivity index (χ2v) is 6.72. The molecule has 2 heterocycles. The molecule has 134 valence electrons. The summed E-state index contributed by atoms with van der Waals surface area (Å²) in [4.78, 5) is 12.3. The van der Waals surface area contributed by atoms with Gasteiger partial charge in [0.15, 0.2) is 11.5 Å². The van der Waals surface area contributed by atoms with Crippen LogP contribution < -0.4 is 20.1 Å². The molecule has 0 bridgehead atoms. The topological polar surface area (TPSA) is 59.6 Å². The minimum atomic E-state index is -0.0124. The number of carbonyl (C=O) groups excluding carboxylic acids is 1. The van der Waals surface area contributed by atoms with Gasteiger partial charge in [-0.2, -0.15) is 0 Å². The molecule has 1 amide bonds. The number of hydrogen-bond donors (Lipinski definition) is 2. The summed E-state index contributed by atoms with van der Waals surface area (Å²) in [5.41, 5.74) is 0.579. The van der Waals surface area contributed by atoms with Crippen LogP contribution in [0.4, 0.5) is 5.69 Å². The first-order valence-corrected chi connectivity index (χ1v) is 8.61. The largest absolute Gasteiger partial charge is 0.486 e. The zero-order valence-electron chi connectivity index (χ0n) is 13.8. The Kier molecular flexibility index (Phi) is 7.02. The van der Waals surface area contributed by atoms with Crippen molar-refractivity contribution in [3.05, 3.63) is 17.2 Å². The average Bonchev–Trinajstić information content (AvgIpc) is 2.56. The lowest BCUT2D eigenvalue weighted by atomic mass is 9.85. The number of nitrogens with one attached hydrogen (secondary N) is 2. The van der Waals surface area contributed by atoms with Gasteiger partial charge < -0.3 is 20.1 Å². The summed E-state index contributed by atoms with van der Waals surface area (Å²) >= 11 is 6.23. The number of halogens is 2. The molecule has 0 aromatic heterocycles. The molecule has 24 heavy (non-hydrogen) atoms. The molecule has 2 aliphatic rings. The zero-order chi connectivity index (χ0) is 16.2. The molecule has 1 fully saturated rings. The van der Waals surface area contributed by atoms with Crippen LogP contribution in [0.1, 0.15) is 26.2 Å². The third kappa shape index (κ3) is 4.68. The van der Waals surface area contributed by atoms with Gasteiger partial charge in [-0.3, -0.25) is 4.79 Å². The van der Waals surface area contributed by atoms with E-state index in [0.717, 1.165) is 13.1 Å². The van der Waals surface area contributed by atoms with Crippen molar-refractivity contribution >= 4 is 35.6 Å². The van der Waals surface area contributed by atoms with Gasteiger partial charge in [-0.15, -0.1) is 12.4 Å². The highest BCUT2D eigenvalue weighted by atomic mass is 35.5. The summed E-state index contributed by atoms with van der Waals surface area (Å²) in [6.45, 7) is 5.25. The maximum absolute atomic E-state index is 12.3. The van der Waals surface area contributed by atoms with Gasteiger partial charge in [0, 0.05) is 18.6 Å². The van der Waals surface area contributed by atoms with E-state index < -0.39 is 0 Å². The van der Waals surface area contributed by atoms with E-state index in [2.05, 4.69) is 17.6 Å². The van der Waals surface area contributed by atoms with Crippen LogP contribution in [0.25, 0.3) is 0 Å². The molecule has 7 heteroatoms. The Bertz CT molecular complexity index is 577. The minimum absolute atomic E-state index is 0. The molecule has 5 nitrogen and oxygen atoms in total. The number of carbonyl (C=O) groups is 1. The Labute approximate surface area is 153 Å². The van der Waals surface area contributed by atoms with Crippen LogP contribution in [0.2, 0.25) is 5.02 Å². The zero-order valence-corrected chi connectivity index (χ0v) is 15.3. The maximum Gasteiger partial charge on any atom is 0.224 e. The summed E-state index contributed by atoms with van der Waals surface area (Å²) in [6.07, 6.45) is 2.87. The van der Waals surface area contributed by atoms with Crippen LogP contribution in [0.15, 0.2) is 12.1 Å². The molecule has 3 rings (SSSR count). The standard InChI is InChI=1S/C17H23ClN2O3.ClH/c1-11(12-3-2-4-19-10-12)7-17(21)20-14-9-16-15(8-13(14)18)22-5-6-23-16;/h8-9,11-12,19H,2-7,10H2,1H3,(H,20,21);1H. The second kappa shape index (κ2) is 8.79. The van der Waals surface area contributed by atoms with Crippen LogP contribution >= 0.6 is 24.0 Å². The summed E-state index contributed by atoms with van der Waals surface area (Å²) in [7, 11) is 0. The summed E-state index contributed by atoms with van der Waals surface area (Å²) < 4.78 is 11.0. The predicted molar refractivity (Wildman–Crippen MR) is 97.7 cm³/mol. The lowest BCUT2D eigenvalue weighted by Crippen LogP contribution is -2.34. The molecular weight excluding hydrogens is 351 g/mol. The van der Waals surface area contributed by atoms with E-state index in [9.17, 15) is 4.79 Å². The molecule has 1 aromatic carbocycles. The molecule has 2 aliphatic heterocycles. The summed E-state index contributed by atoms with van der Waals surface area (Å²) in [5.74, 6) is 2.15. The Morgan fingerprint density at radius 2 is 2.08 bits per heavy atom. The molecule has 0 saturated carbocycles. The Morgan fingerprint density at radius 3 is 2.75 bits per heavy atom. The number of benzene rings is 1. The van der Waals surface area contributed by atoms with Gasteiger partial charge >= 0.3 is 0 Å². The van der Waals surface area contributed by atoms with Crippen molar-refractivity contribution < 1.29 is 14.3 Å². The van der Waals surface area contributed by atoms with Crippen molar-refractivity contribution in [2.24, 2.45) is 11.8 Å². The number of amides is 1. The summed E-state index contributed by atoms with van der Waals surface area (Å²) in [6, 6.07) is 3.43. The van der Waals surface area contributed by atoms with Crippen molar-refractivity contribution in [2.45, 2.75) is 26.2 Å². The number of piperidine rings is 1. The van der Waals surface area contributed by atoms with E-state index >= 15 is 0 Å². The van der Waals surface area contributed by atoms with E-state index in [-0.39, 0.29) is 18.3 Å². The van der Waals surface area contributed by atoms with Gasteiger partial charge in [0.25, 0.3) is 0 Å². The molecule has 0 spiro atoms. The van der Waals surface area contributed by atoms with Gasteiger partial charge in [0.2, 0.25) is 5.91 Å². The van der Waals surface area contributed by atoms with E-state index in [1.165, 1.54) is 12.8 Å². The Balaban J connectivity index is 0.00000208. The molecule has 2 N–H and O–H groups in total. The molecule has 1 saturated heterocycles. The monoisotopic (exact) mass is 374 g/mol. The molecule has 0 radical (unpaired) electrons. The van der Waals surface area contributed by atoms with Crippen molar-refractivity contribution in [2.75, 3.05) is 31.6 Å². The number of fused-ring (bicyclic) bond motifs is 1. The fraction of sp³-hybridized carbons (Fsp3) is 0.588. The van der Waals surface area contributed by atoms with Crippen LogP contribution in [0, 0.1) is 11.8 Å². The first kappa shape index (κ1) is 19.2. The minimum Gasteiger partial charge on any atom is -0.486 e. The van der Waals surface area contributed by atoms with E-state index in [4.69, 9.17) is 21.1 Å². The highest BCUT2D eigenvalue weighted by molar-refractivity contribution is 6.34. The number of rotatable bonds is 4. The van der Waals surface area contributed by atoms with Crippen molar-refractivity contribution in [1.29, 1.82) is 0 Å². The van der Waals surface area contributed by atoms with Crippen LogP contribution in [-0.4, -0.2) is 32.2 Å². The highest BCUT2D eigenvalue weighted by Gasteiger charge is 2.23. The highest BCUT2D eigenvalue weighted by Crippen LogP contribution is 2.38. The number of ether oxygens (including phenoxy) is 2.